The highest BCUT2D eigenvalue weighted by Gasteiger charge is 2.17. The first-order valence-corrected chi connectivity index (χ1v) is 7.18. The van der Waals surface area contributed by atoms with Gasteiger partial charge in [-0.1, -0.05) is 23.2 Å². The summed E-state index contributed by atoms with van der Waals surface area (Å²) in [7, 11) is 0. The van der Waals surface area contributed by atoms with E-state index in [0.717, 1.165) is 0 Å². The van der Waals surface area contributed by atoms with Crippen molar-refractivity contribution in [3.05, 3.63) is 58.0 Å². The molecule has 1 aromatic heterocycles. The van der Waals surface area contributed by atoms with E-state index in [1.54, 1.807) is 30.5 Å². The van der Waals surface area contributed by atoms with E-state index in [1.165, 1.54) is 6.07 Å². The van der Waals surface area contributed by atoms with E-state index < -0.39 is 11.8 Å². The molecular weight excluding hydrogens is 328 g/mol. The maximum Gasteiger partial charge on any atom is 0.307 e. The number of rotatable bonds is 3. The number of benzene rings is 2. The zero-order valence-corrected chi connectivity index (χ0v) is 12.7. The minimum absolute atomic E-state index is 0.204. The molecule has 2 N–H and O–H groups in total. The largest absolute Gasteiger partial charge is 0.481 e. The summed E-state index contributed by atoms with van der Waals surface area (Å²) in [5, 5.41) is 10.3. The minimum atomic E-state index is -0.986. The van der Waals surface area contributed by atoms with Crippen LogP contribution in [0, 0.1) is 5.82 Å². The van der Waals surface area contributed by atoms with Crippen molar-refractivity contribution in [3.8, 4) is 11.1 Å². The van der Waals surface area contributed by atoms with Crippen LogP contribution in [0.25, 0.3) is 22.0 Å². The number of nitrogens with one attached hydrogen (secondary N) is 1. The summed E-state index contributed by atoms with van der Waals surface area (Å²) in [6.45, 7) is 0. The third kappa shape index (κ3) is 2.67. The Balaban J connectivity index is 2.33. The summed E-state index contributed by atoms with van der Waals surface area (Å²) in [5.74, 6) is -1.45. The highest BCUT2D eigenvalue weighted by atomic mass is 35.5. The van der Waals surface area contributed by atoms with Gasteiger partial charge in [-0.25, -0.2) is 4.39 Å². The summed E-state index contributed by atoms with van der Waals surface area (Å²) in [5.41, 5.74) is 1.96. The van der Waals surface area contributed by atoms with Crippen molar-refractivity contribution < 1.29 is 14.3 Å². The Morgan fingerprint density at radius 2 is 1.86 bits per heavy atom. The van der Waals surface area contributed by atoms with E-state index >= 15 is 0 Å². The molecule has 1 heterocycles. The fraction of sp³-hybridized carbons (Fsp3) is 0.0625. The van der Waals surface area contributed by atoms with Crippen molar-refractivity contribution in [1.29, 1.82) is 0 Å². The van der Waals surface area contributed by atoms with Crippen molar-refractivity contribution in [2.24, 2.45) is 0 Å². The average Bonchev–Trinajstić information content (AvgIpc) is 2.80. The van der Waals surface area contributed by atoms with Gasteiger partial charge in [0.15, 0.2) is 0 Å². The number of aromatic nitrogens is 1. The van der Waals surface area contributed by atoms with Crippen LogP contribution in [0.4, 0.5) is 4.39 Å². The first-order chi connectivity index (χ1) is 10.5. The van der Waals surface area contributed by atoms with Crippen LogP contribution in [-0.4, -0.2) is 16.1 Å². The van der Waals surface area contributed by atoms with Crippen LogP contribution in [-0.2, 0) is 11.2 Å². The summed E-state index contributed by atoms with van der Waals surface area (Å²) < 4.78 is 14.4. The molecule has 0 amide bonds. The van der Waals surface area contributed by atoms with Crippen LogP contribution >= 0.6 is 23.2 Å². The molecule has 112 valence electrons. The molecule has 6 heteroatoms. The molecule has 3 nitrogen and oxygen atoms in total. The Kier molecular flexibility index (Phi) is 3.81. The zero-order valence-electron chi connectivity index (χ0n) is 11.2. The van der Waals surface area contributed by atoms with Crippen LogP contribution in [0.1, 0.15) is 5.56 Å². The smallest absolute Gasteiger partial charge is 0.307 e. The van der Waals surface area contributed by atoms with Crippen LogP contribution in [0.3, 0.4) is 0 Å². The van der Waals surface area contributed by atoms with Gasteiger partial charge in [-0.2, -0.15) is 0 Å². The number of hydrogen-bond acceptors (Lipinski definition) is 1. The molecule has 0 atom stereocenters. The predicted octanol–water partition coefficient (Wildman–Crippen LogP) is 4.91. The number of halogens is 3. The Morgan fingerprint density at radius 3 is 2.50 bits per heavy atom. The number of carbonyl (C=O) groups is 1. The molecule has 3 aromatic rings. The van der Waals surface area contributed by atoms with Crippen molar-refractivity contribution in [1.82, 2.24) is 4.98 Å². The highest BCUT2D eigenvalue weighted by molar-refractivity contribution is 6.35. The van der Waals surface area contributed by atoms with Crippen molar-refractivity contribution in [2.75, 3.05) is 0 Å². The molecule has 0 aliphatic rings. The fourth-order valence-corrected chi connectivity index (χ4v) is 3.08. The molecular formula is C16H10Cl2FNO2. The van der Waals surface area contributed by atoms with E-state index in [9.17, 15) is 9.18 Å². The van der Waals surface area contributed by atoms with Crippen molar-refractivity contribution >= 4 is 40.1 Å². The van der Waals surface area contributed by atoms with Gasteiger partial charge in [0.1, 0.15) is 5.82 Å². The molecule has 0 unspecified atom stereocenters. The topological polar surface area (TPSA) is 53.1 Å². The van der Waals surface area contributed by atoms with Gasteiger partial charge in [-0.05, 0) is 41.5 Å². The fourth-order valence-electron chi connectivity index (χ4n) is 2.55. The van der Waals surface area contributed by atoms with Crippen LogP contribution in [0.2, 0.25) is 10.0 Å². The SMILES string of the molecule is O=C(O)Cc1c[nH]c2ccc(F)c(-c3cc(Cl)cc(Cl)c3)c12. The third-order valence-corrected chi connectivity index (χ3v) is 3.81. The number of aromatic amines is 1. The molecule has 0 aliphatic heterocycles. The summed E-state index contributed by atoms with van der Waals surface area (Å²) in [4.78, 5) is 14.0. The Morgan fingerprint density at radius 1 is 1.18 bits per heavy atom. The molecule has 0 bridgehead atoms. The van der Waals surface area contributed by atoms with Gasteiger partial charge in [0, 0.05) is 32.7 Å². The van der Waals surface area contributed by atoms with E-state index in [4.69, 9.17) is 28.3 Å². The van der Waals surface area contributed by atoms with Gasteiger partial charge in [-0.3, -0.25) is 4.79 Å². The maximum atomic E-state index is 14.4. The van der Waals surface area contributed by atoms with E-state index in [2.05, 4.69) is 4.98 Å². The van der Waals surface area contributed by atoms with Crippen molar-refractivity contribution in [3.63, 3.8) is 0 Å². The Hall–Kier alpha value is -2.04. The first-order valence-electron chi connectivity index (χ1n) is 6.42. The summed E-state index contributed by atoms with van der Waals surface area (Å²) in [6, 6.07) is 7.66. The Labute approximate surface area is 135 Å². The van der Waals surface area contributed by atoms with Crippen molar-refractivity contribution in [2.45, 2.75) is 6.42 Å². The second-order valence-electron chi connectivity index (χ2n) is 4.89. The molecule has 0 saturated carbocycles. The lowest BCUT2D eigenvalue weighted by Gasteiger charge is -2.09. The lowest BCUT2D eigenvalue weighted by Crippen LogP contribution is -2.00. The highest BCUT2D eigenvalue weighted by Crippen LogP contribution is 2.36. The number of carboxylic acid groups (broad SMARTS) is 1. The second kappa shape index (κ2) is 5.63. The van der Waals surface area contributed by atoms with E-state index in [-0.39, 0.29) is 6.42 Å². The van der Waals surface area contributed by atoms with Gasteiger partial charge >= 0.3 is 5.97 Å². The maximum absolute atomic E-state index is 14.4. The quantitative estimate of drug-likeness (QED) is 0.713. The zero-order chi connectivity index (χ0) is 15.9. The van der Waals surface area contributed by atoms with Gasteiger partial charge < -0.3 is 10.1 Å². The summed E-state index contributed by atoms with van der Waals surface area (Å²) in [6.07, 6.45) is 1.37. The molecule has 0 saturated heterocycles. The molecule has 22 heavy (non-hydrogen) atoms. The lowest BCUT2D eigenvalue weighted by molar-refractivity contribution is -0.136. The van der Waals surface area contributed by atoms with Gasteiger partial charge in [0.2, 0.25) is 0 Å². The van der Waals surface area contributed by atoms with Crippen LogP contribution in [0.5, 0.6) is 0 Å². The monoisotopic (exact) mass is 337 g/mol. The number of aliphatic carboxylic acids is 1. The number of H-pyrrole nitrogens is 1. The molecule has 0 spiro atoms. The third-order valence-electron chi connectivity index (χ3n) is 3.37. The normalized spacial score (nSPS) is 11.0. The number of fused-ring (bicyclic) bond motifs is 1. The molecule has 2 aromatic carbocycles. The molecule has 3 rings (SSSR count). The lowest BCUT2D eigenvalue weighted by atomic mass is 9.97. The molecule has 0 aliphatic carbocycles. The van der Waals surface area contributed by atoms with Gasteiger partial charge in [0.05, 0.1) is 6.42 Å². The number of hydrogen-bond donors (Lipinski definition) is 2. The van der Waals surface area contributed by atoms with E-state index in [0.29, 0.717) is 37.6 Å². The van der Waals surface area contributed by atoms with Gasteiger partial charge in [-0.15, -0.1) is 0 Å². The average molecular weight is 338 g/mol. The van der Waals surface area contributed by atoms with Crippen LogP contribution in [0.15, 0.2) is 36.5 Å². The summed E-state index contributed by atoms with van der Waals surface area (Å²) >= 11 is 12.0. The molecule has 0 radical (unpaired) electrons. The van der Waals surface area contributed by atoms with E-state index in [1.807, 2.05) is 0 Å². The van der Waals surface area contributed by atoms with Gasteiger partial charge in [0.25, 0.3) is 0 Å². The molecule has 0 fully saturated rings. The van der Waals surface area contributed by atoms with Crippen LogP contribution < -0.4 is 0 Å². The standard InChI is InChI=1S/C16H10Cl2FNO2/c17-10-3-8(4-11(18)6-10)15-12(19)1-2-13-16(15)9(7-20-13)5-14(21)22/h1-4,6-7,20H,5H2,(H,21,22). The predicted molar refractivity (Wildman–Crippen MR) is 85.1 cm³/mol. The first kappa shape index (κ1) is 14.9. The second-order valence-corrected chi connectivity index (χ2v) is 5.76. The Bertz CT molecular complexity index is 869. The minimum Gasteiger partial charge on any atom is -0.481 e. The number of carboxylic acids is 1.